The van der Waals surface area contributed by atoms with Crippen LogP contribution in [-0.2, 0) is 20.1 Å². The lowest BCUT2D eigenvalue weighted by Crippen LogP contribution is -2.07. The third-order valence-electron chi connectivity index (χ3n) is 3.06. The standard InChI is InChI=1S/C14H17BrClN3O/c1-9-14(15)12(19(2)18-9)8-20-13-4-3-11(16)7-10(13)5-6-17/h3-4,7H,5-6,8,17H2,1-2H3. The van der Waals surface area contributed by atoms with Crippen LogP contribution in [0.25, 0.3) is 0 Å². The number of halogens is 2. The van der Waals surface area contributed by atoms with Gasteiger partial charge in [0.15, 0.2) is 0 Å². The summed E-state index contributed by atoms with van der Waals surface area (Å²) in [6, 6.07) is 5.60. The molecule has 1 heterocycles. The number of aryl methyl sites for hydroxylation is 2. The minimum atomic E-state index is 0.442. The van der Waals surface area contributed by atoms with Gasteiger partial charge in [-0.2, -0.15) is 5.10 Å². The molecule has 0 fully saturated rings. The lowest BCUT2D eigenvalue weighted by atomic mass is 10.1. The van der Waals surface area contributed by atoms with Gasteiger partial charge in [-0.25, -0.2) is 0 Å². The van der Waals surface area contributed by atoms with Crippen LogP contribution in [0.15, 0.2) is 22.7 Å². The predicted molar refractivity (Wildman–Crippen MR) is 84.2 cm³/mol. The van der Waals surface area contributed by atoms with E-state index in [2.05, 4.69) is 21.0 Å². The van der Waals surface area contributed by atoms with Crippen LogP contribution in [0, 0.1) is 6.92 Å². The Balaban J connectivity index is 2.18. The van der Waals surface area contributed by atoms with E-state index in [1.807, 2.05) is 36.9 Å². The van der Waals surface area contributed by atoms with Crippen LogP contribution < -0.4 is 10.5 Å². The fraction of sp³-hybridized carbons (Fsp3) is 0.357. The second-order valence-corrected chi connectivity index (χ2v) is 5.78. The quantitative estimate of drug-likeness (QED) is 0.893. The van der Waals surface area contributed by atoms with Crippen molar-refractivity contribution >= 4 is 27.5 Å². The molecule has 0 spiro atoms. The summed E-state index contributed by atoms with van der Waals surface area (Å²) in [6.07, 6.45) is 0.738. The smallest absolute Gasteiger partial charge is 0.131 e. The second-order valence-electron chi connectivity index (χ2n) is 4.55. The maximum Gasteiger partial charge on any atom is 0.131 e. The first kappa shape index (κ1) is 15.4. The summed E-state index contributed by atoms with van der Waals surface area (Å²) in [7, 11) is 1.90. The average Bonchev–Trinajstić information content (AvgIpc) is 2.64. The second kappa shape index (κ2) is 6.61. The van der Waals surface area contributed by atoms with Gasteiger partial charge in [0.2, 0.25) is 0 Å². The molecule has 4 nitrogen and oxygen atoms in total. The van der Waals surface area contributed by atoms with Crippen LogP contribution >= 0.6 is 27.5 Å². The first-order valence-electron chi connectivity index (χ1n) is 6.32. The zero-order chi connectivity index (χ0) is 14.7. The number of nitrogens with two attached hydrogens (primary N) is 1. The molecule has 6 heteroatoms. The minimum Gasteiger partial charge on any atom is -0.487 e. The molecule has 1 aromatic heterocycles. The Hall–Kier alpha value is -1.04. The normalized spacial score (nSPS) is 10.8. The van der Waals surface area contributed by atoms with E-state index in [1.165, 1.54) is 0 Å². The highest BCUT2D eigenvalue weighted by atomic mass is 79.9. The highest BCUT2D eigenvalue weighted by Crippen LogP contribution is 2.26. The maximum absolute atomic E-state index is 6.01. The van der Waals surface area contributed by atoms with Crippen molar-refractivity contribution in [2.24, 2.45) is 12.8 Å². The third-order valence-corrected chi connectivity index (χ3v) is 4.33. The maximum atomic E-state index is 6.01. The van der Waals surface area contributed by atoms with E-state index in [9.17, 15) is 0 Å². The van der Waals surface area contributed by atoms with Crippen molar-refractivity contribution in [3.8, 4) is 5.75 Å². The highest BCUT2D eigenvalue weighted by molar-refractivity contribution is 9.10. The average molecular weight is 359 g/mol. The summed E-state index contributed by atoms with van der Waals surface area (Å²) in [5.41, 5.74) is 8.59. The van der Waals surface area contributed by atoms with Gasteiger partial charge in [0.05, 0.1) is 15.9 Å². The van der Waals surface area contributed by atoms with Crippen molar-refractivity contribution < 1.29 is 4.74 Å². The van der Waals surface area contributed by atoms with Crippen molar-refractivity contribution in [2.45, 2.75) is 20.0 Å². The summed E-state index contributed by atoms with van der Waals surface area (Å²) >= 11 is 9.54. The van der Waals surface area contributed by atoms with E-state index in [1.54, 1.807) is 0 Å². The van der Waals surface area contributed by atoms with Crippen molar-refractivity contribution in [3.05, 3.63) is 44.6 Å². The molecule has 2 rings (SSSR count). The zero-order valence-electron chi connectivity index (χ0n) is 11.5. The van der Waals surface area contributed by atoms with Gasteiger partial charge in [-0.3, -0.25) is 4.68 Å². The number of hydrogen-bond donors (Lipinski definition) is 1. The van der Waals surface area contributed by atoms with E-state index in [0.717, 1.165) is 33.6 Å². The van der Waals surface area contributed by atoms with Gasteiger partial charge in [0, 0.05) is 12.1 Å². The van der Waals surface area contributed by atoms with Crippen LogP contribution in [0.1, 0.15) is 17.0 Å². The fourth-order valence-electron chi connectivity index (χ4n) is 2.02. The molecule has 1 aromatic carbocycles. The van der Waals surface area contributed by atoms with Crippen LogP contribution in [0.3, 0.4) is 0 Å². The molecule has 20 heavy (non-hydrogen) atoms. The van der Waals surface area contributed by atoms with Crippen molar-refractivity contribution in [1.82, 2.24) is 9.78 Å². The molecule has 0 unspecified atom stereocenters. The van der Waals surface area contributed by atoms with Crippen molar-refractivity contribution in [2.75, 3.05) is 6.54 Å². The number of aromatic nitrogens is 2. The molecule has 108 valence electrons. The van der Waals surface area contributed by atoms with Crippen molar-refractivity contribution in [3.63, 3.8) is 0 Å². The van der Waals surface area contributed by atoms with Crippen LogP contribution in [0.2, 0.25) is 5.02 Å². The van der Waals surface area contributed by atoms with Crippen LogP contribution in [-0.4, -0.2) is 16.3 Å². The summed E-state index contributed by atoms with van der Waals surface area (Å²) in [5.74, 6) is 0.811. The molecule has 0 atom stereocenters. The van der Waals surface area contributed by atoms with Crippen molar-refractivity contribution in [1.29, 1.82) is 0 Å². The number of ether oxygens (including phenoxy) is 1. The zero-order valence-corrected chi connectivity index (χ0v) is 13.8. The van der Waals surface area contributed by atoms with Gasteiger partial charge in [0.25, 0.3) is 0 Å². The predicted octanol–water partition coefficient (Wildman–Crippen LogP) is 3.22. The Kier molecular flexibility index (Phi) is 5.07. The van der Waals surface area contributed by atoms with E-state index >= 15 is 0 Å². The SMILES string of the molecule is Cc1nn(C)c(COc2ccc(Cl)cc2CCN)c1Br. The third kappa shape index (κ3) is 3.34. The van der Waals surface area contributed by atoms with Gasteiger partial charge >= 0.3 is 0 Å². The Labute approximate surface area is 132 Å². The topological polar surface area (TPSA) is 53.1 Å². The largest absolute Gasteiger partial charge is 0.487 e. The number of nitrogens with zero attached hydrogens (tertiary/aromatic N) is 2. The number of benzene rings is 1. The molecule has 0 aliphatic heterocycles. The minimum absolute atomic E-state index is 0.442. The van der Waals surface area contributed by atoms with Crippen LogP contribution in [0.4, 0.5) is 0 Å². The Bertz CT molecular complexity index is 613. The molecule has 0 saturated carbocycles. The first-order chi connectivity index (χ1) is 9.52. The van der Waals surface area contributed by atoms with E-state index in [4.69, 9.17) is 22.1 Å². The van der Waals surface area contributed by atoms with E-state index in [-0.39, 0.29) is 0 Å². The lowest BCUT2D eigenvalue weighted by molar-refractivity contribution is 0.291. The van der Waals surface area contributed by atoms with Gasteiger partial charge < -0.3 is 10.5 Å². The Morgan fingerprint density at radius 3 is 2.80 bits per heavy atom. The molecule has 0 saturated heterocycles. The van der Waals surface area contributed by atoms with E-state index in [0.29, 0.717) is 18.2 Å². The molecule has 0 bridgehead atoms. The van der Waals surface area contributed by atoms with Gasteiger partial charge in [-0.05, 0) is 59.6 Å². The Morgan fingerprint density at radius 2 is 2.20 bits per heavy atom. The molecule has 0 amide bonds. The lowest BCUT2D eigenvalue weighted by Gasteiger charge is -2.12. The van der Waals surface area contributed by atoms with Gasteiger partial charge in [-0.1, -0.05) is 11.6 Å². The van der Waals surface area contributed by atoms with Gasteiger partial charge in [-0.15, -0.1) is 0 Å². The summed E-state index contributed by atoms with van der Waals surface area (Å²) < 4.78 is 8.70. The summed E-state index contributed by atoms with van der Waals surface area (Å²) in [5, 5.41) is 5.04. The molecular formula is C14H17BrClN3O. The molecular weight excluding hydrogens is 342 g/mol. The summed E-state index contributed by atoms with van der Waals surface area (Å²) in [4.78, 5) is 0. The molecule has 2 N–H and O–H groups in total. The first-order valence-corrected chi connectivity index (χ1v) is 7.49. The molecule has 0 aliphatic carbocycles. The number of hydrogen-bond acceptors (Lipinski definition) is 3. The molecule has 0 radical (unpaired) electrons. The molecule has 0 aliphatic rings. The van der Waals surface area contributed by atoms with Gasteiger partial charge in [0.1, 0.15) is 12.4 Å². The monoisotopic (exact) mass is 357 g/mol. The molecule has 2 aromatic rings. The fourth-order valence-corrected chi connectivity index (χ4v) is 2.67. The van der Waals surface area contributed by atoms with Crippen LogP contribution in [0.5, 0.6) is 5.75 Å². The number of rotatable bonds is 5. The summed E-state index contributed by atoms with van der Waals surface area (Å²) in [6.45, 7) is 2.96. The van der Waals surface area contributed by atoms with E-state index < -0.39 is 0 Å². The highest BCUT2D eigenvalue weighted by Gasteiger charge is 2.12. The Morgan fingerprint density at radius 1 is 1.45 bits per heavy atom.